The molecule has 16 heavy (non-hydrogen) atoms. The van der Waals surface area contributed by atoms with Gasteiger partial charge in [-0.05, 0) is 24.1 Å². The number of carbonyl (C=O) groups is 2. The van der Waals surface area contributed by atoms with E-state index in [1.165, 1.54) is 0 Å². The molecule has 0 aliphatic heterocycles. The molecule has 86 valence electrons. The molecule has 1 aromatic carbocycles. The zero-order chi connectivity index (χ0) is 12.1. The number of carboxylic acids is 2. The fourth-order valence-electron chi connectivity index (χ4n) is 1.40. The van der Waals surface area contributed by atoms with Crippen LogP contribution in [0.2, 0.25) is 0 Å². The summed E-state index contributed by atoms with van der Waals surface area (Å²) in [6.45, 7) is 0. The molecule has 5 heteroatoms. The lowest BCUT2D eigenvalue weighted by atomic mass is 9.94. The Morgan fingerprint density at radius 2 is 1.75 bits per heavy atom. The van der Waals surface area contributed by atoms with Gasteiger partial charge in [0, 0.05) is 10.9 Å². The van der Waals surface area contributed by atoms with Crippen LogP contribution in [-0.4, -0.2) is 22.2 Å². The maximum Gasteiger partial charge on any atom is 0.310 e. The van der Waals surface area contributed by atoms with Crippen LogP contribution < -0.4 is 0 Å². The Bertz CT molecular complexity index is 385. The molecule has 1 atom stereocenters. The van der Waals surface area contributed by atoms with Crippen LogP contribution in [0.4, 0.5) is 0 Å². The number of benzene rings is 1. The van der Waals surface area contributed by atoms with Gasteiger partial charge in [-0.25, -0.2) is 0 Å². The first kappa shape index (κ1) is 12.7. The molecular formula is C11H11BrO4. The minimum Gasteiger partial charge on any atom is -0.481 e. The maximum atomic E-state index is 11.0. The standard InChI is InChI=1S/C11H11BrO4/c12-8-3-1-7(2-4-8)9(11(15)16)5-6-10(13)14/h1-4,9H,5-6H2,(H,13,14)(H,15,16). The summed E-state index contributed by atoms with van der Waals surface area (Å²) in [5, 5.41) is 17.5. The summed E-state index contributed by atoms with van der Waals surface area (Å²) in [4.78, 5) is 21.4. The molecule has 0 bridgehead atoms. The monoisotopic (exact) mass is 286 g/mol. The Kier molecular flexibility index (Phi) is 4.49. The quantitative estimate of drug-likeness (QED) is 0.872. The first-order valence-electron chi connectivity index (χ1n) is 4.70. The number of carboxylic acid groups (broad SMARTS) is 2. The zero-order valence-electron chi connectivity index (χ0n) is 8.39. The second-order valence-electron chi connectivity index (χ2n) is 3.37. The van der Waals surface area contributed by atoms with Crippen molar-refractivity contribution in [3.05, 3.63) is 34.3 Å². The van der Waals surface area contributed by atoms with Crippen LogP contribution in [0.25, 0.3) is 0 Å². The molecule has 1 unspecified atom stereocenters. The van der Waals surface area contributed by atoms with Crippen LogP contribution in [-0.2, 0) is 9.59 Å². The van der Waals surface area contributed by atoms with E-state index in [0.29, 0.717) is 5.56 Å². The molecule has 0 spiro atoms. The van der Waals surface area contributed by atoms with Gasteiger partial charge in [0.15, 0.2) is 0 Å². The number of hydrogen-bond acceptors (Lipinski definition) is 2. The van der Waals surface area contributed by atoms with Gasteiger partial charge < -0.3 is 10.2 Å². The van der Waals surface area contributed by atoms with Crippen LogP contribution in [0.3, 0.4) is 0 Å². The van der Waals surface area contributed by atoms with E-state index in [-0.39, 0.29) is 12.8 Å². The summed E-state index contributed by atoms with van der Waals surface area (Å²) in [6.07, 6.45) is -0.0423. The molecule has 0 aliphatic carbocycles. The highest BCUT2D eigenvalue weighted by molar-refractivity contribution is 9.10. The molecule has 0 saturated heterocycles. The predicted molar refractivity (Wildman–Crippen MR) is 61.4 cm³/mol. The van der Waals surface area contributed by atoms with Crippen LogP contribution in [0.1, 0.15) is 24.3 Å². The van der Waals surface area contributed by atoms with E-state index in [1.807, 2.05) is 0 Å². The lowest BCUT2D eigenvalue weighted by Gasteiger charge is -2.11. The van der Waals surface area contributed by atoms with Crippen molar-refractivity contribution in [1.29, 1.82) is 0 Å². The fourth-order valence-corrected chi connectivity index (χ4v) is 1.66. The maximum absolute atomic E-state index is 11.0. The van der Waals surface area contributed by atoms with Crippen molar-refractivity contribution < 1.29 is 19.8 Å². The summed E-state index contributed by atoms with van der Waals surface area (Å²) in [6, 6.07) is 6.85. The first-order chi connectivity index (χ1) is 7.50. The van der Waals surface area contributed by atoms with Gasteiger partial charge in [0.2, 0.25) is 0 Å². The minimum atomic E-state index is -0.997. The van der Waals surface area contributed by atoms with Gasteiger partial charge in [-0.3, -0.25) is 9.59 Å². The Balaban J connectivity index is 2.81. The highest BCUT2D eigenvalue weighted by Crippen LogP contribution is 2.23. The molecule has 0 aliphatic rings. The number of aliphatic carboxylic acids is 2. The third-order valence-corrected chi connectivity index (χ3v) is 2.75. The van der Waals surface area contributed by atoms with Gasteiger partial charge in [0.1, 0.15) is 0 Å². The van der Waals surface area contributed by atoms with Crippen LogP contribution in [0, 0.1) is 0 Å². The van der Waals surface area contributed by atoms with E-state index in [9.17, 15) is 9.59 Å². The van der Waals surface area contributed by atoms with Crippen molar-refractivity contribution in [1.82, 2.24) is 0 Å². The van der Waals surface area contributed by atoms with E-state index in [1.54, 1.807) is 24.3 Å². The van der Waals surface area contributed by atoms with Crippen LogP contribution in [0.5, 0.6) is 0 Å². The molecule has 1 rings (SSSR count). The normalized spacial score (nSPS) is 12.1. The van der Waals surface area contributed by atoms with Gasteiger partial charge in [0.05, 0.1) is 5.92 Å². The largest absolute Gasteiger partial charge is 0.481 e. The van der Waals surface area contributed by atoms with Crippen LogP contribution in [0.15, 0.2) is 28.7 Å². The van der Waals surface area contributed by atoms with E-state index >= 15 is 0 Å². The summed E-state index contributed by atoms with van der Waals surface area (Å²) >= 11 is 3.25. The molecule has 2 N–H and O–H groups in total. The highest BCUT2D eigenvalue weighted by Gasteiger charge is 2.20. The fraction of sp³-hybridized carbons (Fsp3) is 0.273. The Morgan fingerprint density at radius 1 is 1.19 bits per heavy atom. The third kappa shape index (κ3) is 3.66. The van der Waals surface area contributed by atoms with Crippen molar-refractivity contribution in [2.45, 2.75) is 18.8 Å². The SMILES string of the molecule is O=C(O)CCC(C(=O)O)c1ccc(Br)cc1. The van der Waals surface area contributed by atoms with Gasteiger partial charge >= 0.3 is 11.9 Å². The molecule has 0 fully saturated rings. The molecule has 1 aromatic rings. The van der Waals surface area contributed by atoms with Crippen molar-refractivity contribution >= 4 is 27.9 Å². The van der Waals surface area contributed by atoms with Crippen molar-refractivity contribution in [2.24, 2.45) is 0 Å². The summed E-state index contributed by atoms with van der Waals surface area (Å²) in [7, 11) is 0. The van der Waals surface area contributed by atoms with Gasteiger partial charge in [0.25, 0.3) is 0 Å². The van der Waals surface area contributed by atoms with Crippen molar-refractivity contribution in [3.8, 4) is 0 Å². The Morgan fingerprint density at radius 3 is 2.19 bits per heavy atom. The summed E-state index contributed by atoms with van der Waals surface area (Å²) in [5.41, 5.74) is 0.622. The second-order valence-corrected chi connectivity index (χ2v) is 4.29. The molecular weight excluding hydrogens is 276 g/mol. The van der Waals surface area contributed by atoms with Crippen LogP contribution >= 0.6 is 15.9 Å². The lowest BCUT2D eigenvalue weighted by Crippen LogP contribution is -2.13. The molecule has 0 aromatic heterocycles. The van der Waals surface area contributed by atoms with Gasteiger partial charge in [-0.1, -0.05) is 28.1 Å². The predicted octanol–water partition coefficient (Wildman–Crippen LogP) is 2.48. The van der Waals surface area contributed by atoms with E-state index in [0.717, 1.165) is 4.47 Å². The molecule has 0 amide bonds. The third-order valence-electron chi connectivity index (χ3n) is 2.22. The van der Waals surface area contributed by atoms with Crippen molar-refractivity contribution in [3.63, 3.8) is 0 Å². The average Bonchev–Trinajstić information content (AvgIpc) is 2.20. The number of rotatable bonds is 5. The average molecular weight is 287 g/mol. The lowest BCUT2D eigenvalue weighted by molar-refractivity contribution is -0.140. The second kappa shape index (κ2) is 5.65. The van der Waals surface area contributed by atoms with Crippen molar-refractivity contribution in [2.75, 3.05) is 0 Å². The highest BCUT2D eigenvalue weighted by atomic mass is 79.9. The minimum absolute atomic E-state index is 0.103. The molecule has 0 radical (unpaired) electrons. The van der Waals surface area contributed by atoms with Gasteiger partial charge in [-0.15, -0.1) is 0 Å². The number of halogens is 1. The first-order valence-corrected chi connectivity index (χ1v) is 5.50. The van der Waals surface area contributed by atoms with E-state index in [4.69, 9.17) is 10.2 Å². The Hall–Kier alpha value is -1.36. The molecule has 4 nitrogen and oxygen atoms in total. The summed E-state index contributed by atoms with van der Waals surface area (Å²) in [5.74, 6) is -2.74. The smallest absolute Gasteiger partial charge is 0.310 e. The zero-order valence-corrected chi connectivity index (χ0v) is 9.98. The van der Waals surface area contributed by atoms with E-state index in [2.05, 4.69) is 15.9 Å². The topological polar surface area (TPSA) is 74.6 Å². The van der Waals surface area contributed by atoms with Gasteiger partial charge in [-0.2, -0.15) is 0 Å². The molecule has 0 saturated carbocycles. The van der Waals surface area contributed by atoms with E-state index < -0.39 is 17.9 Å². The molecule has 0 heterocycles. The summed E-state index contributed by atoms with van der Waals surface area (Å²) < 4.78 is 0.860. The Labute approximate surface area is 101 Å². The number of hydrogen-bond donors (Lipinski definition) is 2.